The normalized spacial score (nSPS) is 20.1. The summed E-state index contributed by atoms with van der Waals surface area (Å²) in [5, 5.41) is 0. The lowest BCUT2D eigenvalue weighted by molar-refractivity contribution is -0.139. The van der Waals surface area contributed by atoms with Crippen LogP contribution in [0.3, 0.4) is 0 Å². The minimum absolute atomic E-state index is 0.159. The van der Waals surface area contributed by atoms with Crippen molar-refractivity contribution in [3.05, 3.63) is 24.3 Å². The van der Waals surface area contributed by atoms with E-state index < -0.39 is 61.7 Å². The summed E-state index contributed by atoms with van der Waals surface area (Å²) in [6, 6.07) is 0.935. The van der Waals surface area contributed by atoms with Gasteiger partial charge in [0.25, 0.3) is 0 Å². The Bertz CT molecular complexity index is 777. The van der Waals surface area contributed by atoms with E-state index in [0.29, 0.717) is 42.7 Å². The molecule has 6 N–H and O–H groups in total. The second-order valence-corrected chi connectivity index (χ2v) is 20.0. The molecule has 0 aliphatic carbocycles. The smallest absolute Gasteiger partial charge is 0.462 e. The van der Waals surface area contributed by atoms with E-state index in [-0.39, 0.29) is 12.6 Å². The molecule has 0 bridgehead atoms. The van der Waals surface area contributed by atoms with Gasteiger partial charge in [-0.2, -0.15) is 0 Å². The van der Waals surface area contributed by atoms with Crippen molar-refractivity contribution in [2.24, 2.45) is 0 Å². The lowest BCUT2D eigenvalue weighted by atomic mass is 10.4. The van der Waals surface area contributed by atoms with Crippen molar-refractivity contribution in [1.82, 2.24) is 0 Å². The molecular weight excluding hydrogens is 673 g/mol. The molecule has 18 nitrogen and oxygen atoms in total. The van der Waals surface area contributed by atoms with E-state index in [1.54, 1.807) is 35.2 Å². The SMILES string of the molecule is C=C(C)C(=O)OCCC[Si](OC)(OC)OC.C=C(C)C(=O)OCCC[Si]1(OC)O[SiH](O)O[SiH](O)O1.O[SiH](O)O[SiH](O)O. The van der Waals surface area contributed by atoms with Crippen LogP contribution < -0.4 is 0 Å². The highest BCUT2D eigenvalue weighted by molar-refractivity contribution is 6.76. The largest absolute Gasteiger partial charge is 0.500 e. The molecule has 0 aromatic heterocycles. The Kier molecular flexibility index (Phi) is 24.3. The summed E-state index contributed by atoms with van der Waals surface area (Å²) in [5.74, 6) is -0.842. The van der Waals surface area contributed by atoms with E-state index in [1.165, 1.54) is 7.11 Å². The fourth-order valence-electron chi connectivity index (χ4n) is 2.62. The van der Waals surface area contributed by atoms with Crippen LogP contribution in [0.2, 0.25) is 12.1 Å². The molecule has 1 heterocycles. The van der Waals surface area contributed by atoms with E-state index in [2.05, 4.69) is 17.3 Å². The summed E-state index contributed by atoms with van der Waals surface area (Å²) in [6.07, 6.45) is 1.07. The predicted octanol–water partition coefficient (Wildman–Crippen LogP) is -3.66. The molecule has 1 fully saturated rings. The Morgan fingerprint density at radius 1 is 0.810 bits per heavy atom. The van der Waals surface area contributed by atoms with Crippen LogP contribution in [0, 0.1) is 0 Å². The fraction of sp³-hybridized carbons (Fsp3) is 0.667. The highest BCUT2D eigenvalue weighted by Crippen LogP contribution is 2.22. The van der Waals surface area contributed by atoms with Gasteiger partial charge in [-0.1, -0.05) is 13.2 Å². The molecule has 2 atom stereocenters. The average molecular weight is 717 g/mol. The van der Waals surface area contributed by atoms with E-state index in [0.717, 1.165) is 0 Å². The van der Waals surface area contributed by atoms with Gasteiger partial charge in [0.1, 0.15) is 0 Å². The maximum absolute atomic E-state index is 11.2. The molecule has 24 heteroatoms. The van der Waals surface area contributed by atoms with Gasteiger partial charge in [0, 0.05) is 51.7 Å². The zero-order chi connectivity index (χ0) is 32.9. The van der Waals surface area contributed by atoms with Crippen LogP contribution in [0.1, 0.15) is 26.7 Å². The van der Waals surface area contributed by atoms with Crippen LogP contribution in [0.15, 0.2) is 24.3 Å². The van der Waals surface area contributed by atoms with Gasteiger partial charge in [0.15, 0.2) is 0 Å². The highest BCUT2D eigenvalue weighted by atomic mass is 28.5. The molecule has 1 saturated heterocycles. The number of ether oxygens (including phenoxy) is 2. The van der Waals surface area contributed by atoms with Crippen molar-refractivity contribution >= 4 is 67.7 Å². The number of esters is 2. The molecule has 0 saturated carbocycles. The van der Waals surface area contributed by atoms with Crippen molar-refractivity contribution in [3.63, 3.8) is 0 Å². The van der Waals surface area contributed by atoms with Gasteiger partial charge in [-0.25, -0.2) is 9.59 Å². The first-order valence-corrected chi connectivity index (χ1v) is 21.9. The number of carbonyl (C=O) groups excluding carboxylic acids is 2. The van der Waals surface area contributed by atoms with Crippen molar-refractivity contribution in [2.75, 3.05) is 41.7 Å². The number of hydrogen-bond donors (Lipinski definition) is 6. The second-order valence-electron chi connectivity index (χ2n) is 8.00. The van der Waals surface area contributed by atoms with Crippen molar-refractivity contribution < 1.29 is 82.0 Å². The summed E-state index contributed by atoms with van der Waals surface area (Å²) in [7, 11) is -11.7. The third-order valence-electron chi connectivity index (χ3n) is 4.70. The van der Waals surface area contributed by atoms with Crippen LogP contribution >= 0.6 is 0 Å². The second kappa shape index (κ2) is 23.5. The first kappa shape index (κ1) is 43.3. The quantitative estimate of drug-likeness (QED) is 0.0390. The fourth-order valence-corrected chi connectivity index (χ4v) is 13.1. The maximum Gasteiger partial charge on any atom is 0.500 e. The minimum Gasteiger partial charge on any atom is -0.462 e. The Morgan fingerprint density at radius 2 is 1.21 bits per heavy atom. The summed E-state index contributed by atoms with van der Waals surface area (Å²) in [4.78, 5) is 72.7. The van der Waals surface area contributed by atoms with Gasteiger partial charge < -0.3 is 72.4 Å². The molecule has 0 radical (unpaired) electrons. The standard InChI is InChI=1S/C10H20O5Si.C8H18O8Si3.H6O5Si2/c1-9(2)10(11)15-7-6-8-16(12-3,13-4)14-5;1-7(2)8(9)13-5-4-6-19(12-3)15-17(10)14-18(11)16-19;1-6(2)5-7(3)4/h1,6-8H2,2-5H3;10-11,17-18H,1,4-6H2,2-3H3;1-4,6-7H. The summed E-state index contributed by atoms with van der Waals surface area (Å²) < 4.78 is 49.7. The van der Waals surface area contributed by atoms with Gasteiger partial charge in [-0.05, 0) is 26.7 Å². The van der Waals surface area contributed by atoms with Crippen LogP contribution in [0.5, 0.6) is 0 Å². The first-order valence-electron chi connectivity index (χ1n) is 12.1. The molecule has 1 rings (SSSR count). The topological polar surface area (TPSA) is 248 Å². The van der Waals surface area contributed by atoms with Crippen LogP contribution in [-0.4, -0.2) is 138 Å². The molecule has 0 aromatic rings. The van der Waals surface area contributed by atoms with E-state index >= 15 is 0 Å². The highest BCUT2D eigenvalue weighted by Gasteiger charge is 2.50. The van der Waals surface area contributed by atoms with Crippen molar-refractivity contribution in [1.29, 1.82) is 0 Å². The molecule has 42 heavy (non-hydrogen) atoms. The Balaban J connectivity index is 0. The summed E-state index contributed by atoms with van der Waals surface area (Å²) >= 11 is 0. The molecular formula is C18H44O18Si6. The van der Waals surface area contributed by atoms with Gasteiger partial charge in [0.2, 0.25) is 0 Å². The third-order valence-corrected chi connectivity index (χ3v) is 17.4. The Morgan fingerprint density at radius 3 is 1.52 bits per heavy atom. The zero-order valence-electron chi connectivity index (χ0n) is 24.5. The van der Waals surface area contributed by atoms with Gasteiger partial charge >= 0.3 is 67.7 Å². The monoisotopic (exact) mass is 716 g/mol. The predicted molar refractivity (Wildman–Crippen MR) is 156 cm³/mol. The van der Waals surface area contributed by atoms with Crippen molar-refractivity contribution in [2.45, 2.75) is 38.8 Å². The van der Waals surface area contributed by atoms with Crippen LogP contribution in [-0.2, 0) is 53.2 Å². The Hall–Kier alpha value is -0.839. The third kappa shape index (κ3) is 20.2. The molecule has 248 valence electrons. The summed E-state index contributed by atoms with van der Waals surface area (Å²) in [5.41, 5.74) is 0.719. The molecule has 0 aromatic carbocycles. The minimum atomic E-state index is -3.17. The van der Waals surface area contributed by atoms with Gasteiger partial charge in [-0.3, -0.25) is 0 Å². The molecule has 0 amide bonds. The average Bonchev–Trinajstić information content (AvgIpc) is 2.90. The van der Waals surface area contributed by atoms with Crippen LogP contribution in [0.25, 0.3) is 0 Å². The van der Waals surface area contributed by atoms with E-state index in [1.807, 2.05) is 0 Å². The van der Waals surface area contributed by atoms with Crippen LogP contribution in [0.4, 0.5) is 0 Å². The molecule has 1 aliphatic rings. The lowest BCUT2D eigenvalue weighted by Gasteiger charge is -2.35. The summed E-state index contributed by atoms with van der Waals surface area (Å²) in [6.45, 7) is 10.6. The lowest BCUT2D eigenvalue weighted by Crippen LogP contribution is -2.59. The first-order chi connectivity index (χ1) is 19.5. The van der Waals surface area contributed by atoms with Gasteiger partial charge in [-0.15, -0.1) is 0 Å². The number of hydrogen-bond acceptors (Lipinski definition) is 18. The molecule has 1 aliphatic heterocycles. The van der Waals surface area contributed by atoms with Gasteiger partial charge in [0.05, 0.1) is 13.2 Å². The van der Waals surface area contributed by atoms with E-state index in [4.69, 9.17) is 58.7 Å². The molecule has 2 unspecified atom stereocenters. The zero-order valence-corrected chi connectivity index (χ0v) is 31.2. The Labute approximate surface area is 254 Å². The van der Waals surface area contributed by atoms with Crippen molar-refractivity contribution in [3.8, 4) is 0 Å². The maximum atomic E-state index is 11.2. The number of carbonyl (C=O) groups is 2. The molecule has 0 spiro atoms. The van der Waals surface area contributed by atoms with E-state index in [9.17, 15) is 19.2 Å². The number of rotatable bonds is 16.